The molecule has 1 aliphatic heterocycles. The molecule has 0 aliphatic carbocycles. The number of anilines is 1. The highest BCUT2D eigenvalue weighted by Gasteiger charge is 2.16. The standard InChI is InChI=1S/C14H20N2O2S/c1-10(17)11-4-2-5-12(8-11)15-14(18)16-13-6-3-7-19-9-13/h2,4-5,8,10,13,17H,3,6-7,9H2,1H3,(H2,15,16,18). The second-order valence-electron chi connectivity index (χ2n) is 4.81. The average molecular weight is 280 g/mol. The van der Waals surface area contributed by atoms with Crippen molar-refractivity contribution in [1.29, 1.82) is 0 Å². The number of carbonyl (C=O) groups is 1. The Morgan fingerprint density at radius 3 is 3.05 bits per heavy atom. The van der Waals surface area contributed by atoms with Crippen molar-refractivity contribution in [2.75, 3.05) is 16.8 Å². The van der Waals surface area contributed by atoms with Gasteiger partial charge in [-0.1, -0.05) is 12.1 Å². The highest BCUT2D eigenvalue weighted by molar-refractivity contribution is 7.99. The third kappa shape index (κ3) is 4.44. The molecular formula is C14H20N2O2S. The minimum absolute atomic E-state index is 0.171. The number of benzene rings is 1. The Labute approximate surface area is 118 Å². The van der Waals surface area contributed by atoms with Gasteiger partial charge in [-0.05, 0) is 43.2 Å². The van der Waals surface area contributed by atoms with Crippen molar-refractivity contribution in [3.63, 3.8) is 0 Å². The zero-order chi connectivity index (χ0) is 13.7. The van der Waals surface area contributed by atoms with E-state index in [1.165, 1.54) is 5.75 Å². The van der Waals surface area contributed by atoms with Crippen LogP contribution in [0.5, 0.6) is 0 Å². The number of hydrogen-bond donors (Lipinski definition) is 3. The van der Waals surface area contributed by atoms with E-state index < -0.39 is 6.10 Å². The summed E-state index contributed by atoms with van der Waals surface area (Å²) in [6.45, 7) is 1.71. The van der Waals surface area contributed by atoms with Crippen molar-refractivity contribution in [2.24, 2.45) is 0 Å². The lowest BCUT2D eigenvalue weighted by Crippen LogP contribution is -2.40. The van der Waals surface area contributed by atoms with E-state index in [0.29, 0.717) is 5.69 Å². The number of amides is 2. The topological polar surface area (TPSA) is 61.4 Å². The zero-order valence-electron chi connectivity index (χ0n) is 11.1. The van der Waals surface area contributed by atoms with Gasteiger partial charge in [0.15, 0.2) is 0 Å². The molecule has 2 unspecified atom stereocenters. The highest BCUT2D eigenvalue weighted by atomic mass is 32.2. The van der Waals surface area contributed by atoms with Crippen LogP contribution in [0.4, 0.5) is 10.5 Å². The van der Waals surface area contributed by atoms with Gasteiger partial charge < -0.3 is 15.7 Å². The molecule has 2 rings (SSSR count). The predicted molar refractivity (Wildman–Crippen MR) is 79.6 cm³/mol. The molecular weight excluding hydrogens is 260 g/mol. The van der Waals surface area contributed by atoms with Crippen molar-refractivity contribution in [3.05, 3.63) is 29.8 Å². The molecule has 5 heteroatoms. The molecule has 2 atom stereocenters. The number of nitrogens with one attached hydrogen (secondary N) is 2. The number of aliphatic hydroxyl groups excluding tert-OH is 1. The lowest BCUT2D eigenvalue weighted by Gasteiger charge is -2.22. The number of aliphatic hydroxyl groups is 1. The first-order valence-corrected chi connectivity index (χ1v) is 7.74. The molecule has 1 saturated heterocycles. The SMILES string of the molecule is CC(O)c1cccc(NC(=O)NC2CCCSC2)c1. The van der Waals surface area contributed by atoms with E-state index in [9.17, 15) is 9.90 Å². The summed E-state index contributed by atoms with van der Waals surface area (Å²) < 4.78 is 0. The van der Waals surface area contributed by atoms with E-state index in [0.717, 1.165) is 24.2 Å². The molecule has 1 aliphatic rings. The number of urea groups is 1. The molecule has 1 fully saturated rings. The molecule has 0 spiro atoms. The summed E-state index contributed by atoms with van der Waals surface area (Å²) >= 11 is 1.88. The molecule has 1 aromatic rings. The molecule has 0 saturated carbocycles. The summed E-state index contributed by atoms with van der Waals surface area (Å²) in [4.78, 5) is 11.9. The summed E-state index contributed by atoms with van der Waals surface area (Å²) in [5.74, 6) is 2.18. The Morgan fingerprint density at radius 2 is 2.37 bits per heavy atom. The Kier molecular flexibility index (Phi) is 5.10. The summed E-state index contributed by atoms with van der Waals surface area (Å²) in [6.07, 6.45) is 1.68. The van der Waals surface area contributed by atoms with Crippen molar-refractivity contribution in [1.82, 2.24) is 5.32 Å². The smallest absolute Gasteiger partial charge is 0.319 e. The maximum Gasteiger partial charge on any atom is 0.319 e. The van der Waals surface area contributed by atoms with Crippen LogP contribution in [0.3, 0.4) is 0 Å². The van der Waals surface area contributed by atoms with Crippen LogP contribution in [-0.2, 0) is 0 Å². The Morgan fingerprint density at radius 1 is 1.53 bits per heavy atom. The molecule has 4 nitrogen and oxygen atoms in total. The van der Waals surface area contributed by atoms with Gasteiger partial charge in [0, 0.05) is 17.5 Å². The van der Waals surface area contributed by atoms with E-state index in [1.807, 2.05) is 30.0 Å². The normalized spacial score (nSPS) is 20.6. The molecule has 0 aromatic heterocycles. The van der Waals surface area contributed by atoms with E-state index >= 15 is 0 Å². The van der Waals surface area contributed by atoms with E-state index in [1.54, 1.807) is 13.0 Å². The molecule has 3 N–H and O–H groups in total. The first kappa shape index (κ1) is 14.2. The van der Waals surface area contributed by atoms with Gasteiger partial charge in [-0.25, -0.2) is 4.79 Å². The fraction of sp³-hybridized carbons (Fsp3) is 0.500. The van der Waals surface area contributed by atoms with E-state index in [-0.39, 0.29) is 12.1 Å². The molecule has 0 bridgehead atoms. The van der Waals surface area contributed by atoms with Crippen LogP contribution in [0, 0.1) is 0 Å². The Hall–Kier alpha value is -1.20. The molecule has 2 amide bonds. The van der Waals surface area contributed by atoms with Gasteiger partial charge in [-0.15, -0.1) is 0 Å². The summed E-state index contributed by atoms with van der Waals surface area (Å²) in [5.41, 5.74) is 1.50. The first-order valence-electron chi connectivity index (χ1n) is 6.58. The van der Waals surface area contributed by atoms with Crippen molar-refractivity contribution < 1.29 is 9.90 Å². The molecule has 19 heavy (non-hydrogen) atoms. The van der Waals surface area contributed by atoms with Crippen LogP contribution in [0.15, 0.2) is 24.3 Å². The lowest BCUT2D eigenvalue weighted by atomic mass is 10.1. The number of hydrogen-bond acceptors (Lipinski definition) is 3. The van der Waals surface area contributed by atoms with Crippen LogP contribution in [0.1, 0.15) is 31.4 Å². The monoisotopic (exact) mass is 280 g/mol. The van der Waals surface area contributed by atoms with Gasteiger partial charge in [0.1, 0.15) is 0 Å². The van der Waals surface area contributed by atoms with Crippen LogP contribution in [-0.4, -0.2) is 28.7 Å². The molecule has 1 aromatic carbocycles. The van der Waals surface area contributed by atoms with Crippen molar-refractivity contribution >= 4 is 23.5 Å². The van der Waals surface area contributed by atoms with Crippen molar-refractivity contribution in [3.8, 4) is 0 Å². The van der Waals surface area contributed by atoms with Crippen LogP contribution in [0.25, 0.3) is 0 Å². The molecule has 104 valence electrons. The number of carbonyl (C=O) groups excluding carboxylic acids is 1. The van der Waals surface area contributed by atoms with Gasteiger partial charge in [0.05, 0.1) is 6.10 Å². The lowest BCUT2D eigenvalue weighted by molar-refractivity contribution is 0.199. The van der Waals surface area contributed by atoms with Gasteiger partial charge in [-0.3, -0.25) is 0 Å². The third-order valence-electron chi connectivity index (χ3n) is 3.12. The van der Waals surface area contributed by atoms with Crippen LogP contribution in [0.2, 0.25) is 0 Å². The van der Waals surface area contributed by atoms with E-state index in [2.05, 4.69) is 10.6 Å². The second kappa shape index (κ2) is 6.82. The second-order valence-corrected chi connectivity index (χ2v) is 5.96. The fourth-order valence-electron chi connectivity index (χ4n) is 2.08. The minimum atomic E-state index is -0.528. The average Bonchev–Trinajstić information content (AvgIpc) is 2.40. The zero-order valence-corrected chi connectivity index (χ0v) is 11.9. The Balaban J connectivity index is 1.89. The summed E-state index contributed by atoms with van der Waals surface area (Å²) in [7, 11) is 0. The maximum atomic E-state index is 11.9. The Bertz CT molecular complexity index is 431. The predicted octanol–water partition coefficient (Wildman–Crippen LogP) is 2.76. The van der Waals surface area contributed by atoms with Gasteiger partial charge >= 0.3 is 6.03 Å². The maximum absolute atomic E-state index is 11.9. The molecule has 1 heterocycles. The summed E-state index contributed by atoms with van der Waals surface area (Å²) in [5, 5.41) is 15.3. The largest absolute Gasteiger partial charge is 0.389 e. The van der Waals surface area contributed by atoms with Gasteiger partial charge in [0.2, 0.25) is 0 Å². The summed E-state index contributed by atoms with van der Waals surface area (Å²) in [6, 6.07) is 7.37. The van der Waals surface area contributed by atoms with Crippen LogP contribution < -0.4 is 10.6 Å². The fourth-order valence-corrected chi connectivity index (χ4v) is 3.16. The number of rotatable bonds is 3. The van der Waals surface area contributed by atoms with Crippen molar-refractivity contribution in [2.45, 2.75) is 31.9 Å². The van der Waals surface area contributed by atoms with Gasteiger partial charge in [-0.2, -0.15) is 11.8 Å². The van der Waals surface area contributed by atoms with E-state index in [4.69, 9.17) is 0 Å². The van der Waals surface area contributed by atoms with Gasteiger partial charge in [0.25, 0.3) is 0 Å². The minimum Gasteiger partial charge on any atom is -0.389 e. The molecule has 0 radical (unpaired) electrons. The third-order valence-corrected chi connectivity index (χ3v) is 4.34. The van der Waals surface area contributed by atoms with Crippen LogP contribution >= 0.6 is 11.8 Å². The first-order chi connectivity index (χ1) is 9.15. The quantitative estimate of drug-likeness (QED) is 0.798. The number of thioether (sulfide) groups is 1. The highest BCUT2D eigenvalue weighted by Crippen LogP contribution is 2.18.